The Hall–Kier alpha value is -4.63. The maximum atomic E-state index is 6.22. The summed E-state index contributed by atoms with van der Waals surface area (Å²) in [6.45, 7) is 1.95. The zero-order valence-corrected chi connectivity index (χ0v) is 20.8. The molecule has 184 valence electrons. The van der Waals surface area contributed by atoms with Gasteiger partial charge in [-0.2, -0.15) is 10.2 Å². The summed E-state index contributed by atoms with van der Waals surface area (Å²) in [5.41, 5.74) is 4.18. The monoisotopic (exact) mass is 511 g/mol. The maximum Gasteiger partial charge on any atom is 0.237 e. The Labute approximate surface area is 218 Å². The number of nitrogens with zero attached hydrogens (tertiary/aromatic N) is 7. The number of ether oxygens (including phenoxy) is 1. The van der Waals surface area contributed by atoms with Crippen molar-refractivity contribution >= 4 is 23.1 Å². The number of anilines is 1. The Morgan fingerprint density at radius 2 is 1.68 bits per heavy atom. The van der Waals surface area contributed by atoms with Crippen LogP contribution in [-0.2, 0) is 4.84 Å². The first-order chi connectivity index (χ1) is 18.1. The summed E-state index contributed by atoms with van der Waals surface area (Å²) in [6, 6.07) is 25.1. The first-order valence-electron chi connectivity index (χ1n) is 11.6. The quantitative estimate of drug-likeness (QED) is 0.307. The fraction of sp³-hybridized carbons (Fsp3) is 0.111. The number of para-hydroxylation sites is 1. The minimum atomic E-state index is -0.630. The lowest BCUT2D eigenvalue weighted by atomic mass is 10.1. The number of oxime groups is 1. The highest BCUT2D eigenvalue weighted by atomic mass is 35.5. The van der Waals surface area contributed by atoms with E-state index >= 15 is 0 Å². The SMILES string of the molecule is COc1ccc(C2=NOC(c3c(C)nn(-c4ccccc4)c3-n3cncn3)N2c2ccc(Cl)cc2)cc1. The lowest BCUT2D eigenvalue weighted by Gasteiger charge is -2.26. The van der Waals surface area contributed by atoms with Crippen molar-refractivity contribution in [2.75, 3.05) is 12.0 Å². The lowest BCUT2D eigenvalue weighted by Crippen LogP contribution is -2.32. The first kappa shape index (κ1) is 22.8. The lowest BCUT2D eigenvalue weighted by molar-refractivity contribution is 0.0862. The summed E-state index contributed by atoms with van der Waals surface area (Å²) in [4.78, 5) is 12.4. The summed E-state index contributed by atoms with van der Waals surface area (Å²) in [6.07, 6.45) is 2.51. The van der Waals surface area contributed by atoms with Gasteiger partial charge in [-0.05, 0) is 67.6 Å². The molecule has 6 rings (SSSR count). The number of rotatable bonds is 6. The third-order valence-corrected chi connectivity index (χ3v) is 6.37. The van der Waals surface area contributed by atoms with Crippen molar-refractivity contribution in [3.63, 3.8) is 0 Å². The van der Waals surface area contributed by atoms with Crippen LogP contribution in [0, 0.1) is 6.92 Å². The number of methoxy groups -OCH3 is 1. The number of benzene rings is 3. The molecule has 2 aromatic heterocycles. The summed E-state index contributed by atoms with van der Waals surface area (Å²) < 4.78 is 8.87. The molecule has 10 heteroatoms. The van der Waals surface area contributed by atoms with Crippen LogP contribution in [0.15, 0.2) is 96.7 Å². The van der Waals surface area contributed by atoms with Crippen molar-refractivity contribution in [3.8, 4) is 17.3 Å². The number of aromatic nitrogens is 5. The summed E-state index contributed by atoms with van der Waals surface area (Å²) in [5.74, 6) is 2.11. The van der Waals surface area contributed by atoms with Crippen LogP contribution in [0.25, 0.3) is 11.5 Å². The van der Waals surface area contributed by atoms with Gasteiger partial charge in [0, 0.05) is 16.3 Å². The molecule has 0 bridgehead atoms. The van der Waals surface area contributed by atoms with Gasteiger partial charge < -0.3 is 9.57 Å². The van der Waals surface area contributed by atoms with Crippen LogP contribution in [0.4, 0.5) is 5.69 Å². The van der Waals surface area contributed by atoms with Crippen molar-refractivity contribution in [2.24, 2.45) is 5.16 Å². The standard InChI is InChI=1S/C27H22ClN7O2/c1-18-24(26(33-17-29-16-30-33)35(31-18)22-6-4-3-5-7-22)27-34(21-12-10-20(28)11-13-21)25(32-37-27)19-8-14-23(36-2)15-9-19/h3-17,27H,1-2H3. The topological polar surface area (TPSA) is 82.6 Å². The van der Waals surface area contributed by atoms with Gasteiger partial charge in [0.1, 0.15) is 18.4 Å². The molecule has 0 radical (unpaired) electrons. The third-order valence-electron chi connectivity index (χ3n) is 6.12. The second kappa shape index (κ2) is 9.44. The number of hydrogen-bond acceptors (Lipinski definition) is 7. The van der Waals surface area contributed by atoms with Crippen LogP contribution in [0.2, 0.25) is 5.02 Å². The predicted octanol–water partition coefficient (Wildman–Crippen LogP) is 5.32. The minimum Gasteiger partial charge on any atom is -0.497 e. The fourth-order valence-electron chi connectivity index (χ4n) is 4.38. The molecule has 0 aliphatic carbocycles. The van der Waals surface area contributed by atoms with E-state index in [-0.39, 0.29) is 0 Å². The molecule has 1 aliphatic heterocycles. The van der Waals surface area contributed by atoms with E-state index in [9.17, 15) is 0 Å². The maximum absolute atomic E-state index is 6.22. The van der Waals surface area contributed by atoms with Gasteiger partial charge in [0.15, 0.2) is 11.7 Å². The van der Waals surface area contributed by atoms with E-state index in [2.05, 4.69) is 15.2 Å². The smallest absolute Gasteiger partial charge is 0.237 e. The van der Waals surface area contributed by atoms with E-state index in [1.165, 1.54) is 6.33 Å². The second-order valence-electron chi connectivity index (χ2n) is 8.36. The van der Waals surface area contributed by atoms with Crippen molar-refractivity contribution in [1.29, 1.82) is 0 Å². The van der Waals surface area contributed by atoms with E-state index in [0.29, 0.717) is 16.7 Å². The molecular weight excluding hydrogens is 490 g/mol. The van der Waals surface area contributed by atoms with E-state index in [0.717, 1.165) is 33.9 Å². The zero-order chi connectivity index (χ0) is 25.4. The molecule has 0 spiro atoms. The van der Waals surface area contributed by atoms with Crippen LogP contribution < -0.4 is 9.64 Å². The number of hydrogen-bond donors (Lipinski definition) is 0. The number of amidine groups is 1. The Morgan fingerprint density at radius 1 is 0.919 bits per heavy atom. The normalized spacial score (nSPS) is 14.9. The summed E-state index contributed by atoms with van der Waals surface area (Å²) >= 11 is 6.22. The molecule has 0 saturated carbocycles. The van der Waals surface area contributed by atoms with Crippen LogP contribution in [0.1, 0.15) is 23.0 Å². The molecule has 1 unspecified atom stereocenters. The van der Waals surface area contributed by atoms with Gasteiger partial charge in [-0.15, -0.1) is 0 Å². The molecule has 1 atom stereocenters. The predicted molar refractivity (Wildman–Crippen MR) is 141 cm³/mol. The van der Waals surface area contributed by atoms with Gasteiger partial charge >= 0.3 is 0 Å². The van der Waals surface area contributed by atoms with E-state index in [4.69, 9.17) is 26.3 Å². The molecule has 0 fully saturated rings. The van der Waals surface area contributed by atoms with Crippen LogP contribution in [-0.4, -0.2) is 37.5 Å². The Balaban J connectivity index is 1.52. The molecule has 0 N–H and O–H groups in total. The Morgan fingerprint density at radius 3 is 2.35 bits per heavy atom. The molecule has 0 saturated heterocycles. The van der Waals surface area contributed by atoms with Crippen molar-refractivity contribution < 1.29 is 9.57 Å². The van der Waals surface area contributed by atoms with Gasteiger partial charge in [-0.25, -0.2) is 14.3 Å². The largest absolute Gasteiger partial charge is 0.497 e. The van der Waals surface area contributed by atoms with Gasteiger partial charge in [0.05, 0.1) is 24.1 Å². The number of halogens is 1. The molecule has 9 nitrogen and oxygen atoms in total. The highest BCUT2D eigenvalue weighted by molar-refractivity contribution is 6.30. The second-order valence-corrected chi connectivity index (χ2v) is 8.79. The minimum absolute atomic E-state index is 0.630. The van der Waals surface area contributed by atoms with E-state index in [1.54, 1.807) is 18.1 Å². The van der Waals surface area contributed by atoms with Crippen molar-refractivity contribution in [3.05, 3.63) is 113 Å². The summed E-state index contributed by atoms with van der Waals surface area (Å²) in [5, 5.41) is 14.5. The highest BCUT2D eigenvalue weighted by Crippen LogP contribution is 2.40. The Bertz CT molecular complexity index is 1550. The average Bonchev–Trinajstić information content (AvgIpc) is 3.68. The number of aryl methyl sites for hydroxylation is 1. The molecule has 3 heterocycles. The molecule has 3 aromatic carbocycles. The molecular formula is C27H22ClN7O2. The van der Waals surface area contributed by atoms with Crippen LogP contribution in [0.5, 0.6) is 5.75 Å². The fourth-order valence-corrected chi connectivity index (χ4v) is 4.50. The van der Waals surface area contributed by atoms with E-state index < -0.39 is 6.23 Å². The molecule has 5 aromatic rings. The third kappa shape index (κ3) is 4.09. The summed E-state index contributed by atoms with van der Waals surface area (Å²) in [7, 11) is 1.64. The van der Waals surface area contributed by atoms with Gasteiger partial charge in [-0.1, -0.05) is 35.0 Å². The van der Waals surface area contributed by atoms with Gasteiger partial charge in [0.25, 0.3) is 0 Å². The highest BCUT2D eigenvalue weighted by Gasteiger charge is 2.39. The molecule has 0 amide bonds. The van der Waals surface area contributed by atoms with Gasteiger partial charge in [-0.3, -0.25) is 4.90 Å². The van der Waals surface area contributed by atoms with Crippen molar-refractivity contribution in [2.45, 2.75) is 13.2 Å². The van der Waals surface area contributed by atoms with Crippen LogP contribution >= 0.6 is 11.6 Å². The average molecular weight is 512 g/mol. The van der Waals surface area contributed by atoms with Crippen molar-refractivity contribution in [1.82, 2.24) is 24.5 Å². The first-order valence-corrected chi connectivity index (χ1v) is 11.9. The molecule has 37 heavy (non-hydrogen) atoms. The van der Waals surface area contributed by atoms with Gasteiger partial charge in [0.2, 0.25) is 6.23 Å². The Kier molecular flexibility index (Phi) is 5.82. The van der Waals surface area contributed by atoms with Crippen LogP contribution in [0.3, 0.4) is 0 Å². The molecule has 1 aliphatic rings. The van der Waals surface area contributed by atoms with E-state index in [1.807, 2.05) is 95.4 Å². The zero-order valence-electron chi connectivity index (χ0n) is 20.1.